The Labute approximate surface area is 120 Å². The van der Waals surface area contributed by atoms with Crippen molar-refractivity contribution in [3.8, 4) is 0 Å². The molecule has 0 saturated heterocycles. The number of hydrogen-bond donors (Lipinski definition) is 2. The molecule has 2 N–H and O–H groups in total. The van der Waals surface area contributed by atoms with Gasteiger partial charge in [0.15, 0.2) is 5.15 Å². The molecule has 6 nitrogen and oxygen atoms in total. The Morgan fingerprint density at radius 1 is 1.20 bits per heavy atom. The summed E-state index contributed by atoms with van der Waals surface area (Å²) in [6, 6.07) is 7.84. The SMILES string of the molecule is O=C(O)c1ccc(S(=O)(=O)Nc2cccnc2Cl)cc1. The Balaban J connectivity index is 2.31. The van der Waals surface area contributed by atoms with Crippen molar-refractivity contribution in [1.82, 2.24) is 4.98 Å². The van der Waals surface area contributed by atoms with Crippen LogP contribution < -0.4 is 4.72 Å². The van der Waals surface area contributed by atoms with Gasteiger partial charge in [0.1, 0.15) is 0 Å². The van der Waals surface area contributed by atoms with Gasteiger partial charge in [-0.15, -0.1) is 0 Å². The third-order valence-electron chi connectivity index (χ3n) is 2.41. The van der Waals surface area contributed by atoms with Crippen molar-refractivity contribution in [2.75, 3.05) is 4.72 Å². The van der Waals surface area contributed by atoms with Crippen LogP contribution in [0.3, 0.4) is 0 Å². The van der Waals surface area contributed by atoms with E-state index >= 15 is 0 Å². The maximum absolute atomic E-state index is 12.1. The molecule has 104 valence electrons. The number of carboxylic acids is 1. The number of nitrogens with zero attached hydrogens (tertiary/aromatic N) is 1. The number of nitrogens with one attached hydrogen (secondary N) is 1. The third kappa shape index (κ3) is 3.06. The van der Waals surface area contributed by atoms with Gasteiger partial charge in [-0.05, 0) is 36.4 Å². The summed E-state index contributed by atoms with van der Waals surface area (Å²) in [5.74, 6) is -1.13. The van der Waals surface area contributed by atoms with Crippen molar-refractivity contribution in [3.63, 3.8) is 0 Å². The van der Waals surface area contributed by atoms with Crippen LogP contribution in [0.15, 0.2) is 47.5 Å². The Morgan fingerprint density at radius 2 is 1.85 bits per heavy atom. The minimum absolute atomic E-state index is 0.00311. The van der Waals surface area contributed by atoms with E-state index in [9.17, 15) is 13.2 Å². The van der Waals surface area contributed by atoms with Crippen LogP contribution in [-0.2, 0) is 10.0 Å². The average molecular weight is 313 g/mol. The molecule has 0 fully saturated rings. The van der Waals surface area contributed by atoms with Gasteiger partial charge < -0.3 is 5.11 Å². The van der Waals surface area contributed by atoms with Gasteiger partial charge >= 0.3 is 5.97 Å². The summed E-state index contributed by atoms with van der Waals surface area (Å²) in [6.45, 7) is 0. The van der Waals surface area contributed by atoms with Crippen LogP contribution in [0.25, 0.3) is 0 Å². The zero-order valence-electron chi connectivity index (χ0n) is 9.95. The van der Waals surface area contributed by atoms with E-state index in [1.165, 1.54) is 42.6 Å². The second-order valence-electron chi connectivity index (χ2n) is 3.78. The van der Waals surface area contributed by atoms with Crippen LogP contribution in [-0.4, -0.2) is 24.5 Å². The summed E-state index contributed by atoms with van der Waals surface area (Å²) in [6.07, 6.45) is 1.43. The molecule has 1 aromatic heterocycles. The molecule has 1 heterocycles. The summed E-state index contributed by atoms with van der Waals surface area (Å²) < 4.78 is 26.5. The van der Waals surface area contributed by atoms with Crippen LogP contribution in [0.2, 0.25) is 5.15 Å². The Hall–Kier alpha value is -2.12. The van der Waals surface area contributed by atoms with Crippen LogP contribution in [0.1, 0.15) is 10.4 Å². The predicted molar refractivity (Wildman–Crippen MR) is 73.5 cm³/mol. The van der Waals surface area contributed by atoms with Gasteiger partial charge in [-0.1, -0.05) is 11.6 Å². The number of carbonyl (C=O) groups is 1. The van der Waals surface area contributed by atoms with Gasteiger partial charge in [-0.25, -0.2) is 18.2 Å². The quantitative estimate of drug-likeness (QED) is 0.844. The van der Waals surface area contributed by atoms with E-state index in [0.717, 1.165) is 0 Å². The van der Waals surface area contributed by atoms with Crippen molar-refractivity contribution < 1.29 is 18.3 Å². The standard InChI is InChI=1S/C12H9ClN2O4S/c13-11-10(2-1-7-14-11)15-20(18,19)9-5-3-8(4-6-9)12(16)17/h1-7,15H,(H,16,17). The topological polar surface area (TPSA) is 96.4 Å². The zero-order valence-corrected chi connectivity index (χ0v) is 11.5. The molecule has 2 aromatic rings. The van der Waals surface area contributed by atoms with Gasteiger partial charge in [0.05, 0.1) is 16.1 Å². The number of halogens is 1. The van der Waals surface area contributed by atoms with Crippen LogP contribution in [0.4, 0.5) is 5.69 Å². The number of pyridine rings is 1. The fraction of sp³-hybridized carbons (Fsp3) is 0. The first-order chi connectivity index (χ1) is 9.40. The maximum atomic E-state index is 12.1. The number of aromatic carboxylic acids is 1. The lowest BCUT2D eigenvalue weighted by atomic mass is 10.2. The van der Waals surface area contributed by atoms with Crippen molar-refractivity contribution >= 4 is 33.3 Å². The smallest absolute Gasteiger partial charge is 0.335 e. The number of hydrogen-bond acceptors (Lipinski definition) is 4. The molecule has 0 unspecified atom stereocenters. The van der Waals surface area contributed by atoms with E-state index in [1.807, 2.05) is 0 Å². The molecule has 0 amide bonds. The monoisotopic (exact) mass is 312 g/mol. The number of anilines is 1. The third-order valence-corrected chi connectivity index (χ3v) is 4.10. The molecule has 0 atom stereocenters. The normalized spacial score (nSPS) is 11.1. The Morgan fingerprint density at radius 3 is 2.40 bits per heavy atom. The van der Waals surface area contributed by atoms with Crippen molar-refractivity contribution in [2.24, 2.45) is 0 Å². The molecular weight excluding hydrogens is 304 g/mol. The number of carboxylic acid groups (broad SMARTS) is 1. The predicted octanol–water partition coefficient (Wildman–Crippen LogP) is 2.23. The second-order valence-corrected chi connectivity index (χ2v) is 5.82. The number of benzene rings is 1. The number of sulfonamides is 1. The molecule has 0 aliphatic rings. The van der Waals surface area contributed by atoms with E-state index in [-0.39, 0.29) is 21.3 Å². The lowest BCUT2D eigenvalue weighted by Gasteiger charge is -2.08. The summed E-state index contributed by atoms with van der Waals surface area (Å²) >= 11 is 5.77. The molecular formula is C12H9ClN2O4S. The Bertz CT molecular complexity index is 744. The van der Waals surface area contributed by atoms with Gasteiger partial charge in [0.2, 0.25) is 0 Å². The molecule has 8 heteroatoms. The van der Waals surface area contributed by atoms with E-state index in [0.29, 0.717) is 0 Å². The van der Waals surface area contributed by atoms with E-state index in [4.69, 9.17) is 16.7 Å². The largest absolute Gasteiger partial charge is 0.478 e. The number of rotatable bonds is 4. The highest BCUT2D eigenvalue weighted by Crippen LogP contribution is 2.22. The summed E-state index contributed by atoms with van der Waals surface area (Å²) in [5, 5.41) is 8.79. The van der Waals surface area contributed by atoms with Crippen molar-refractivity contribution in [3.05, 3.63) is 53.3 Å². The molecule has 0 spiro atoms. The van der Waals surface area contributed by atoms with Crippen LogP contribution >= 0.6 is 11.6 Å². The summed E-state index contributed by atoms with van der Waals surface area (Å²) in [7, 11) is -3.85. The van der Waals surface area contributed by atoms with E-state index in [2.05, 4.69) is 9.71 Å². The van der Waals surface area contributed by atoms with Gasteiger partial charge in [-0.3, -0.25) is 4.72 Å². The van der Waals surface area contributed by atoms with E-state index in [1.54, 1.807) is 0 Å². The lowest BCUT2D eigenvalue weighted by Crippen LogP contribution is -2.13. The molecule has 0 bridgehead atoms. The molecule has 20 heavy (non-hydrogen) atoms. The summed E-state index contributed by atoms with van der Waals surface area (Å²) in [5.41, 5.74) is 0.153. The first kappa shape index (κ1) is 14.3. The second kappa shape index (κ2) is 5.48. The first-order valence-electron chi connectivity index (χ1n) is 5.37. The highest BCUT2D eigenvalue weighted by molar-refractivity contribution is 7.92. The summed E-state index contributed by atoms with van der Waals surface area (Å²) in [4.78, 5) is 14.4. The van der Waals surface area contributed by atoms with Gasteiger partial charge in [-0.2, -0.15) is 0 Å². The van der Waals surface area contributed by atoms with Gasteiger partial charge in [0.25, 0.3) is 10.0 Å². The molecule has 0 aliphatic heterocycles. The van der Waals surface area contributed by atoms with Crippen molar-refractivity contribution in [1.29, 1.82) is 0 Å². The van der Waals surface area contributed by atoms with Gasteiger partial charge in [0, 0.05) is 6.20 Å². The van der Waals surface area contributed by atoms with Crippen molar-refractivity contribution in [2.45, 2.75) is 4.90 Å². The minimum Gasteiger partial charge on any atom is -0.478 e. The minimum atomic E-state index is -3.85. The average Bonchev–Trinajstić information content (AvgIpc) is 2.41. The highest BCUT2D eigenvalue weighted by atomic mass is 35.5. The molecule has 1 aromatic carbocycles. The fourth-order valence-electron chi connectivity index (χ4n) is 1.44. The van der Waals surface area contributed by atoms with Crippen LogP contribution in [0.5, 0.6) is 0 Å². The zero-order chi connectivity index (χ0) is 14.8. The highest BCUT2D eigenvalue weighted by Gasteiger charge is 2.16. The maximum Gasteiger partial charge on any atom is 0.335 e. The Kier molecular flexibility index (Phi) is 3.91. The fourth-order valence-corrected chi connectivity index (χ4v) is 2.73. The lowest BCUT2D eigenvalue weighted by molar-refractivity contribution is 0.0697. The molecule has 0 saturated carbocycles. The molecule has 0 aliphatic carbocycles. The van der Waals surface area contributed by atoms with E-state index < -0.39 is 16.0 Å². The molecule has 2 rings (SSSR count). The first-order valence-corrected chi connectivity index (χ1v) is 7.23. The molecule has 0 radical (unpaired) electrons. The van der Waals surface area contributed by atoms with Crippen LogP contribution in [0, 0.1) is 0 Å². The number of aromatic nitrogens is 1.